The Labute approximate surface area is 181 Å². The van der Waals surface area contributed by atoms with Gasteiger partial charge in [0.15, 0.2) is 0 Å². The lowest BCUT2D eigenvalue weighted by molar-refractivity contribution is -0.143. The van der Waals surface area contributed by atoms with E-state index in [0.717, 1.165) is 18.2 Å². The Morgan fingerprint density at radius 1 is 0.781 bits per heavy atom. The highest BCUT2D eigenvalue weighted by molar-refractivity contribution is 6.31. The van der Waals surface area contributed by atoms with Crippen LogP contribution in [-0.2, 0) is 18.5 Å². The summed E-state index contributed by atoms with van der Waals surface area (Å²) < 4.78 is 117. The average molecular weight is 492 g/mol. The van der Waals surface area contributed by atoms with E-state index in [1.165, 1.54) is 0 Å². The normalized spacial score (nSPS) is 21.1. The van der Waals surface area contributed by atoms with Crippen LogP contribution in [0.5, 0.6) is 0 Å². The van der Waals surface area contributed by atoms with Crippen LogP contribution in [0.2, 0.25) is 5.02 Å². The Balaban J connectivity index is 1.89. The zero-order chi connectivity index (χ0) is 24.1. The molecule has 3 atom stereocenters. The summed E-state index contributed by atoms with van der Waals surface area (Å²) in [6.45, 7) is 0. The van der Waals surface area contributed by atoms with Crippen molar-refractivity contribution in [3.63, 3.8) is 0 Å². The first-order valence-electron chi connectivity index (χ1n) is 9.17. The van der Waals surface area contributed by atoms with Crippen LogP contribution in [0, 0.1) is 0 Å². The molecule has 2 aromatic carbocycles. The van der Waals surface area contributed by atoms with E-state index in [1.54, 1.807) is 0 Å². The molecule has 176 valence electrons. The Morgan fingerprint density at radius 3 is 1.81 bits per heavy atom. The lowest BCUT2D eigenvalue weighted by Crippen LogP contribution is -2.31. The van der Waals surface area contributed by atoms with Gasteiger partial charge in [0.1, 0.15) is 0 Å². The molecule has 1 saturated heterocycles. The SMILES string of the molecule is O[C@H](c1cc(C(F)(F)F)cc(C(F)(F)F)c1)[C@@H]1CC[C@@H](c2cc(C(F)(F)F)ccc2Cl)N1. The van der Waals surface area contributed by atoms with Crippen molar-refractivity contribution in [3.8, 4) is 0 Å². The number of hydrogen-bond acceptors (Lipinski definition) is 2. The fraction of sp³-hybridized carbons (Fsp3) is 0.400. The summed E-state index contributed by atoms with van der Waals surface area (Å²) in [5.74, 6) is 0. The van der Waals surface area contributed by atoms with E-state index in [2.05, 4.69) is 5.32 Å². The molecule has 0 bridgehead atoms. The molecule has 3 rings (SSSR count). The molecule has 0 aliphatic carbocycles. The van der Waals surface area contributed by atoms with E-state index in [1.807, 2.05) is 0 Å². The first-order valence-corrected chi connectivity index (χ1v) is 9.55. The van der Waals surface area contributed by atoms with Gasteiger partial charge in [-0.25, -0.2) is 0 Å². The van der Waals surface area contributed by atoms with Crippen molar-refractivity contribution in [1.29, 1.82) is 0 Å². The summed E-state index contributed by atoms with van der Waals surface area (Å²) in [6.07, 6.45) is -16.3. The number of halogens is 10. The molecule has 0 aromatic heterocycles. The molecule has 0 radical (unpaired) electrons. The first kappa shape index (κ1) is 24.7. The fourth-order valence-electron chi connectivity index (χ4n) is 3.63. The second-order valence-electron chi connectivity index (χ2n) is 7.42. The van der Waals surface area contributed by atoms with Crippen molar-refractivity contribution in [2.75, 3.05) is 0 Å². The van der Waals surface area contributed by atoms with Crippen molar-refractivity contribution >= 4 is 11.6 Å². The zero-order valence-electron chi connectivity index (χ0n) is 15.8. The molecule has 0 saturated carbocycles. The van der Waals surface area contributed by atoms with Crippen LogP contribution < -0.4 is 5.32 Å². The van der Waals surface area contributed by atoms with E-state index in [9.17, 15) is 44.6 Å². The van der Waals surface area contributed by atoms with Crippen LogP contribution >= 0.6 is 11.6 Å². The predicted octanol–water partition coefficient (Wildman–Crippen LogP) is 6.92. The maximum Gasteiger partial charge on any atom is 0.416 e. The number of benzene rings is 2. The van der Waals surface area contributed by atoms with E-state index >= 15 is 0 Å². The molecule has 2 nitrogen and oxygen atoms in total. The van der Waals surface area contributed by atoms with Crippen molar-refractivity contribution < 1.29 is 44.6 Å². The molecular weight excluding hydrogens is 477 g/mol. The van der Waals surface area contributed by atoms with E-state index in [-0.39, 0.29) is 29.5 Å². The third-order valence-corrected chi connectivity index (χ3v) is 5.56. The highest BCUT2D eigenvalue weighted by Crippen LogP contribution is 2.41. The molecule has 0 amide bonds. The second-order valence-corrected chi connectivity index (χ2v) is 7.83. The second kappa shape index (κ2) is 8.42. The topological polar surface area (TPSA) is 32.3 Å². The summed E-state index contributed by atoms with van der Waals surface area (Å²) in [6, 6.07) is 1.66. The monoisotopic (exact) mass is 491 g/mol. The molecule has 1 fully saturated rings. The molecule has 2 aromatic rings. The minimum Gasteiger partial charge on any atom is -0.387 e. The third kappa shape index (κ3) is 5.32. The molecular formula is C20H15ClF9NO. The molecule has 32 heavy (non-hydrogen) atoms. The van der Waals surface area contributed by atoms with Gasteiger partial charge in [0, 0.05) is 17.1 Å². The quantitative estimate of drug-likeness (QED) is 0.457. The van der Waals surface area contributed by atoms with Gasteiger partial charge in [-0.05, 0) is 60.4 Å². The average Bonchev–Trinajstić information content (AvgIpc) is 3.15. The predicted molar refractivity (Wildman–Crippen MR) is 96.8 cm³/mol. The fourth-order valence-corrected chi connectivity index (χ4v) is 3.88. The van der Waals surface area contributed by atoms with Gasteiger partial charge in [-0.2, -0.15) is 39.5 Å². The van der Waals surface area contributed by atoms with Gasteiger partial charge in [-0.3, -0.25) is 0 Å². The largest absolute Gasteiger partial charge is 0.416 e. The summed E-state index contributed by atoms with van der Waals surface area (Å²) >= 11 is 5.99. The van der Waals surface area contributed by atoms with Gasteiger partial charge < -0.3 is 10.4 Å². The van der Waals surface area contributed by atoms with Crippen LogP contribution in [0.3, 0.4) is 0 Å². The molecule has 0 spiro atoms. The number of aliphatic hydroxyl groups is 1. The number of rotatable bonds is 3. The van der Waals surface area contributed by atoms with Gasteiger partial charge in [-0.1, -0.05) is 11.6 Å². The van der Waals surface area contributed by atoms with Crippen molar-refractivity contribution in [1.82, 2.24) is 5.32 Å². The lowest BCUT2D eigenvalue weighted by Gasteiger charge is -2.23. The van der Waals surface area contributed by atoms with Crippen LogP contribution in [0.15, 0.2) is 36.4 Å². The number of aliphatic hydroxyl groups excluding tert-OH is 1. The molecule has 12 heteroatoms. The van der Waals surface area contributed by atoms with Crippen LogP contribution in [0.4, 0.5) is 39.5 Å². The summed E-state index contributed by atoms with van der Waals surface area (Å²) in [5, 5.41) is 13.3. The van der Waals surface area contributed by atoms with E-state index in [4.69, 9.17) is 11.6 Å². The number of alkyl halides is 9. The number of nitrogens with one attached hydrogen (secondary N) is 1. The first-order chi connectivity index (χ1) is 14.6. The van der Waals surface area contributed by atoms with Crippen molar-refractivity contribution in [3.05, 3.63) is 69.2 Å². The number of hydrogen-bond donors (Lipinski definition) is 2. The van der Waals surface area contributed by atoms with Gasteiger partial charge in [-0.15, -0.1) is 0 Å². The summed E-state index contributed by atoms with van der Waals surface area (Å²) in [7, 11) is 0. The Bertz CT molecular complexity index is 952. The standard InChI is InChI=1S/C20H15ClF9NO/c21-14-2-1-10(18(22,23)24)8-13(14)15-3-4-16(31-15)17(32)9-5-11(19(25,26)27)7-12(6-9)20(28,29)30/h1-2,5-8,15-17,31-32H,3-4H2/t15-,16-,17+/m0/s1. The van der Waals surface area contributed by atoms with E-state index < -0.39 is 59.0 Å². The Hall–Kier alpha value is -1.98. The van der Waals surface area contributed by atoms with Crippen molar-refractivity contribution in [2.45, 2.75) is 49.6 Å². The lowest BCUT2D eigenvalue weighted by atomic mass is 9.96. The van der Waals surface area contributed by atoms with Crippen LogP contribution in [0.1, 0.15) is 52.8 Å². The molecule has 1 aliphatic rings. The summed E-state index contributed by atoms with van der Waals surface area (Å²) in [4.78, 5) is 0. The molecule has 1 heterocycles. The minimum atomic E-state index is -5.08. The smallest absolute Gasteiger partial charge is 0.387 e. The minimum absolute atomic E-state index is 0.00377. The maximum absolute atomic E-state index is 13.1. The summed E-state index contributed by atoms with van der Waals surface area (Å²) in [5.41, 5.74) is -4.65. The molecule has 1 aliphatic heterocycles. The van der Waals surface area contributed by atoms with Crippen LogP contribution in [-0.4, -0.2) is 11.1 Å². The zero-order valence-corrected chi connectivity index (χ0v) is 16.6. The van der Waals surface area contributed by atoms with Crippen LogP contribution in [0.25, 0.3) is 0 Å². The van der Waals surface area contributed by atoms with Crippen molar-refractivity contribution in [2.24, 2.45) is 0 Å². The third-order valence-electron chi connectivity index (χ3n) is 5.21. The van der Waals surface area contributed by atoms with Gasteiger partial charge in [0.2, 0.25) is 0 Å². The van der Waals surface area contributed by atoms with Gasteiger partial charge in [0.25, 0.3) is 0 Å². The van der Waals surface area contributed by atoms with Gasteiger partial charge in [0.05, 0.1) is 22.8 Å². The highest BCUT2D eigenvalue weighted by Gasteiger charge is 2.39. The Morgan fingerprint density at radius 2 is 1.31 bits per heavy atom. The van der Waals surface area contributed by atoms with E-state index in [0.29, 0.717) is 12.1 Å². The van der Waals surface area contributed by atoms with Gasteiger partial charge >= 0.3 is 18.5 Å². The molecule has 2 N–H and O–H groups in total. The molecule has 0 unspecified atom stereocenters. The Kier molecular flexibility index (Phi) is 6.49. The maximum atomic E-state index is 13.1. The highest BCUT2D eigenvalue weighted by atomic mass is 35.5.